The lowest BCUT2D eigenvalue weighted by atomic mass is 10.2. The number of amides is 1. The molecule has 0 radical (unpaired) electrons. The number of aromatic amines is 1. The topological polar surface area (TPSA) is 99.3 Å². The number of para-hydroxylation sites is 1. The highest BCUT2D eigenvalue weighted by Crippen LogP contribution is 2.37. The molecular weight excluding hydrogens is 453 g/mol. The van der Waals surface area contributed by atoms with Crippen molar-refractivity contribution in [2.75, 3.05) is 35.9 Å². The Morgan fingerprint density at radius 3 is 2.69 bits per heavy atom. The summed E-state index contributed by atoms with van der Waals surface area (Å²) in [6.07, 6.45) is 1.42. The van der Waals surface area contributed by atoms with Crippen LogP contribution in [0.4, 0.5) is 23.3 Å². The van der Waals surface area contributed by atoms with Gasteiger partial charge in [-0.05, 0) is 30.3 Å². The van der Waals surface area contributed by atoms with Gasteiger partial charge in [0.2, 0.25) is 17.8 Å². The average Bonchev–Trinajstić information content (AvgIpc) is 3.19. The van der Waals surface area contributed by atoms with Crippen LogP contribution < -0.4 is 19.9 Å². The minimum absolute atomic E-state index is 0.0703. The maximum atomic E-state index is 13.0. The second-order valence-corrected chi connectivity index (χ2v) is 8.12. The van der Waals surface area contributed by atoms with Crippen molar-refractivity contribution in [3.63, 3.8) is 0 Å². The number of halogens is 2. The van der Waals surface area contributed by atoms with Gasteiger partial charge in [0.1, 0.15) is 5.56 Å². The SMILES string of the molecule is CN(C)c1nc2ccc(Nc3ncc4c(n3)OCN(c3c(Cl)cccc3Cl)C4=O)cc2[nH]1. The zero-order valence-electron chi connectivity index (χ0n) is 17.1. The van der Waals surface area contributed by atoms with Gasteiger partial charge >= 0.3 is 0 Å². The second-order valence-electron chi connectivity index (χ2n) is 7.30. The Morgan fingerprint density at radius 2 is 1.94 bits per heavy atom. The summed E-state index contributed by atoms with van der Waals surface area (Å²) >= 11 is 12.5. The molecule has 4 aromatic rings. The van der Waals surface area contributed by atoms with Gasteiger partial charge in [0.15, 0.2) is 6.73 Å². The van der Waals surface area contributed by atoms with E-state index in [2.05, 4.69) is 25.3 Å². The fourth-order valence-electron chi connectivity index (χ4n) is 3.34. The number of rotatable bonds is 4. The van der Waals surface area contributed by atoms with E-state index in [9.17, 15) is 4.79 Å². The van der Waals surface area contributed by atoms with Gasteiger partial charge in [-0.25, -0.2) is 9.97 Å². The van der Waals surface area contributed by atoms with Crippen molar-refractivity contribution >= 4 is 63.4 Å². The molecule has 11 heteroatoms. The highest BCUT2D eigenvalue weighted by molar-refractivity contribution is 6.40. The molecule has 32 heavy (non-hydrogen) atoms. The van der Waals surface area contributed by atoms with Crippen LogP contribution in [0.3, 0.4) is 0 Å². The largest absolute Gasteiger partial charge is 0.455 e. The highest BCUT2D eigenvalue weighted by atomic mass is 35.5. The predicted molar refractivity (Wildman–Crippen MR) is 125 cm³/mol. The minimum atomic E-state index is -0.345. The Balaban J connectivity index is 1.40. The molecule has 9 nitrogen and oxygen atoms in total. The number of nitrogens with zero attached hydrogens (tertiary/aromatic N) is 5. The Kier molecular flexibility index (Phi) is 4.99. The molecule has 0 fully saturated rings. The van der Waals surface area contributed by atoms with Crippen LogP contribution in [0.5, 0.6) is 5.88 Å². The van der Waals surface area contributed by atoms with E-state index in [0.29, 0.717) is 21.7 Å². The molecule has 1 aliphatic rings. The zero-order valence-corrected chi connectivity index (χ0v) is 18.6. The van der Waals surface area contributed by atoms with Gasteiger partial charge in [-0.3, -0.25) is 9.69 Å². The first-order valence-electron chi connectivity index (χ1n) is 9.60. The first-order chi connectivity index (χ1) is 15.4. The molecule has 2 N–H and O–H groups in total. The summed E-state index contributed by atoms with van der Waals surface area (Å²) in [5, 5.41) is 3.83. The first-order valence-corrected chi connectivity index (χ1v) is 10.4. The van der Waals surface area contributed by atoms with E-state index in [0.717, 1.165) is 22.7 Å². The molecular formula is C21H17Cl2N7O2. The summed E-state index contributed by atoms with van der Waals surface area (Å²) in [5.74, 6) is 0.900. The van der Waals surface area contributed by atoms with E-state index >= 15 is 0 Å². The second kappa shape index (κ2) is 7.85. The number of ether oxygens (including phenoxy) is 1. The van der Waals surface area contributed by atoms with Gasteiger partial charge in [0.05, 0.1) is 26.8 Å². The third kappa shape index (κ3) is 3.55. The molecule has 5 rings (SSSR count). The maximum Gasteiger partial charge on any atom is 0.268 e. The zero-order chi connectivity index (χ0) is 22.4. The van der Waals surface area contributed by atoms with E-state index in [1.54, 1.807) is 18.2 Å². The molecule has 1 amide bonds. The maximum absolute atomic E-state index is 13.0. The Hall–Kier alpha value is -3.56. The lowest BCUT2D eigenvalue weighted by Crippen LogP contribution is -2.39. The summed E-state index contributed by atoms with van der Waals surface area (Å²) in [6.45, 7) is -0.0703. The molecule has 0 spiro atoms. The van der Waals surface area contributed by atoms with Gasteiger partial charge in [0, 0.05) is 26.0 Å². The summed E-state index contributed by atoms with van der Waals surface area (Å²) < 4.78 is 5.72. The van der Waals surface area contributed by atoms with Crippen LogP contribution in [0.15, 0.2) is 42.6 Å². The first kappa shape index (κ1) is 20.3. The molecule has 0 bridgehead atoms. The number of benzene rings is 2. The number of anilines is 4. The van der Waals surface area contributed by atoms with E-state index in [1.807, 2.05) is 37.2 Å². The number of carbonyl (C=O) groups excluding carboxylic acids is 1. The van der Waals surface area contributed by atoms with E-state index in [1.165, 1.54) is 11.1 Å². The van der Waals surface area contributed by atoms with E-state index in [-0.39, 0.29) is 24.1 Å². The Labute approximate surface area is 193 Å². The summed E-state index contributed by atoms with van der Waals surface area (Å²) in [7, 11) is 3.83. The third-order valence-electron chi connectivity index (χ3n) is 4.92. The third-order valence-corrected chi connectivity index (χ3v) is 5.53. The van der Waals surface area contributed by atoms with Crippen molar-refractivity contribution in [2.45, 2.75) is 0 Å². The standard InChI is InChI=1S/C21H17Cl2N7O2/c1-29(2)21-26-15-7-6-11(8-16(15)27-21)25-20-24-9-12-18(28-20)32-10-30(19(12)31)17-13(22)4-3-5-14(17)23/h3-9H,10H2,1-2H3,(H,26,27)(H,24,25,28). The summed E-state index contributed by atoms with van der Waals surface area (Å²) in [6, 6.07) is 10.7. The lowest BCUT2D eigenvalue weighted by molar-refractivity contribution is 0.0932. The van der Waals surface area contributed by atoms with Crippen molar-refractivity contribution in [1.29, 1.82) is 0 Å². The van der Waals surface area contributed by atoms with Crippen LogP contribution in [0.1, 0.15) is 10.4 Å². The molecule has 2 aromatic carbocycles. The monoisotopic (exact) mass is 469 g/mol. The Bertz CT molecular complexity index is 1340. The van der Waals surface area contributed by atoms with Gasteiger partial charge in [-0.15, -0.1) is 0 Å². The van der Waals surface area contributed by atoms with E-state index < -0.39 is 0 Å². The minimum Gasteiger partial charge on any atom is -0.455 e. The van der Waals surface area contributed by atoms with Crippen LogP contribution in [0.2, 0.25) is 10.0 Å². The van der Waals surface area contributed by atoms with Gasteiger partial charge in [-0.1, -0.05) is 29.3 Å². The number of hydrogen-bond acceptors (Lipinski definition) is 7. The molecule has 3 heterocycles. The van der Waals surface area contributed by atoms with Crippen molar-refractivity contribution in [3.05, 3.63) is 58.2 Å². The Morgan fingerprint density at radius 1 is 1.16 bits per heavy atom. The van der Waals surface area contributed by atoms with Crippen LogP contribution in [0.25, 0.3) is 11.0 Å². The van der Waals surface area contributed by atoms with Crippen LogP contribution in [0, 0.1) is 0 Å². The smallest absolute Gasteiger partial charge is 0.268 e. The quantitative estimate of drug-likeness (QED) is 0.454. The van der Waals surface area contributed by atoms with Gasteiger partial charge < -0.3 is 19.9 Å². The number of imidazole rings is 1. The van der Waals surface area contributed by atoms with E-state index in [4.69, 9.17) is 27.9 Å². The fraction of sp³-hybridized carbons (Fsp3) is 0.143. The fourth-order valence-corrected chi connectivity index (χ4v) is 3.94. The number of H-pyrrole nitrogens is 1. The lowest BCUT2D eigenvalue weighted by Gasteiger charge is -2.29. The van der Waals surface area contributed by atoms with Gasteiger partial charge in [0.25, 0.3) is 5.91 Å². The molecule has 0 saturated heterocycles. The highest BCUT2D eigenvalue weighted by Gasteiger charge is 2.31. The molecule has 0 saturated carbocycles. The number of hydrogen-bond donors (Lipinski definition) is 2. The molecule has 2 aromatic heterocycles. The van der Waals surface area contributed by atoms with Crippen LogP contribution in [-0.2, 0) is 0 Å². The van der Waals surface area contributed by atoms with Crippen molar-refractivity contribution in [3.8, 4) is 5.88 Å². The molecule has 0 atom stereocenters. The number of nitrogens with one attached hydrogen (secondary N) is 2. The van der Waals surface area contributed by atoms with Crippen LogP contribution >= 0.6 is 23.2 Å². The normalized spacial score (nSPS) is 13.1. The molecule has 1 aliphatic heterocycles. The summed E-state index contributed by atoms with van der Waals surface area (Å²) in [5.41, 5.74) is 3.09. The molecule has 162 valence electrons. The summed E-state index contributed by atoms with van der Waals surface area (Å²) in [4.78, 5) is 32.6. The van der Waals surface area contributed by atoms with Crippen molar-refractivity contribution in [2.24, 2.45) is 0 Å². The number of aromatic nitrogens is 4. The van der Waals surface area contributed by atoms with Crippen molar-refractivity contribution in [1.82, 2.24) is 19.9 Å². The number of fused-ring (bicyclic) bond motifs is 2. The molecule has 0 unspecified atom stereocenters. The van der Waals surface area contributed by atoms with Crippen molar-refractivity contribution < 1.29 is 9.53 Å². The predicted octanol–water partition coefficient (Wildman–Crippen LogP) is 4.47. The van der Waals surface area contributed by atoms with Gasteiger partial charge in [-0.2, -0.15) is 4.98 Å². The molecule has 0 aliphatic carbocycles. The average molecular weight is 470 g/mol. The van der Waals surface area contributed by atoms with Crippen LogP contribution in [-0.4, -0.2) is 46.7 Å². The number of carbonyl (C=O) groups is 1.